The lowest BCUT2D eigenvalue weighted by Crippen LogP contribution is -2.17. The lowest BCUT2D eigenvalue weighted by molar-refractivity contribution is 0.591. The van der Waals surface area contributed by atoms with Crippen molar-refractivity contribution >= 4 is 16.7 Å². The van der Waals surface area contributed by atoms with E-state index in [1.54, 1.807) is 12.3 Å². The average molecular weight is 302 g/mol. The minimum atomic E-state index is 0.242. The minimum absolute atomic E-state index is 0.242. The van der Waals surface area contributed by atoms with E-state index >= 15 is 0 Å². The Labute approximate surface area is 135 Å². The summed E-state index contributed by atoms with van der Waals surface area (Å²) in [5, 5.41) is 13.7. The molecule has 1 atom stereocenters. The van der Waals surface area contributed by atoms with Gasteiger partial charge in [-0.25, -0.2) is 4.98 Å². The van der Waals surface area contributed by atoms with Gasteiger partial charge >= 0.3 is 0 Å². The minimum Gasteiger partial charge on any atom is -0.362 e. The van der Waals surface area contributed by atoms with Gasteiger partial charge in [0.1, 0.15) is 11.9 Å². The largest absolute Gasteiger partial charge is 0.362 e. The summed E-state index contributed by atoms with van der Waals surface area (Å²) < 4.78 is 0. The lowest BCUT2D eigenvalue weighted by atomic mass is 9.91. The molecule has 0 bridgehead atoms. The standard InChI is InChI=1S/C19H18N4/c1-12-5-7-16-15(9-12)14-3-2-4-17(19(14)23-16)22-18-8-6-13(10-20)11-21-18/h5-9,11,17,23H,2-4H2,1H3,(H,21,22). The number of hydrogen-bond acceptors (Lipinski definition) is 3. The molecule has 0 amide bonds. The highest BCUT2D eigenvalue weighted by atomic mass is 15.0. The van der Waals surface area contributed by atoms with Gasteiger partial charge in [0.15, 0.2) is 0 Å². The van der Waals surface area contributed by atoms with E-state index in [0.717, 1.165) is 18.7 Å². The van der Waals surface area contributed by atoms with Crippen LogP contribution in [0.3, 0.4) is 0 Å². The Morgan fingerprint density at radius 1 is 1.30 bits per heavy atom. The molecule has 23 heavy (non-hydrogen) atoms. The highest BCUT2D eigenvalue weighted by molar-refractivity contribution is 5.86. The molecule has 2 N–H and O–H groups in total. The van der Waals surface area contributed by atoms with E-state index in [1.807, 2.05) is 6.07 Å². The van der Waals surface area contributed by atoms with E-state index in [0.29, 0.717) is 5.56 Å². The van der Waals surface area contributed by atoms with E-state index < -0.39 is 0 Å². The monoisotopic (exact) mass is 302 g/mol. The molecule has 0 aliphatic heterocycles. The zero-order chi connectivity index (χ0) is 15.8. The van der Waals surface area contributed by atoms with Crippen LogP contribution in [0.15, 0.2) is 36.5 Å². The zero-order valence-corrected chi connectivity index (χ0v) is 13.1. The normalized spacial score (nSPS) is 16.8. The fourth-order valence-electron chi connectivity index (χ4n) is 3.44. The Morgan fingerprint density at radius 3 is 3.00 bits per heavy atom. The molecular formula is C19H18N4. The Bertz CT molecular complexity index is 900. The summed E-state index contributed by atoms with van der Waals surface area (Å²) >= 11 is 0. The van der Waals surface area contributed by atoms with Crippen molar-refractivity contribution in [2.75, 3.05) is 5.32 Å². The maximum absolute atomic E-state index is 8.87. The van der Waals surface area contributed by atoms with Crippen LogP contribution in [0.1, 0.15) is 41.3 Å². The fourth-order valence-corrected chi connectivity index (χ4v) is 3.44. The van der Waals surface area contributed by atoms with Crippen LogP contribution in [0.4, 0.5) is 5.82 Å². The van der Waals surface area contributed by atoms with Crippen LogP contribution in [0.2, 0.25) is 0 Å². The summed E-state index contributed by atoms with van der Waals surface area (Å²) in [7, 11) is 0. The van der Waals surface area contributed by atoms with Crippen molar-refractivity contribution in [2.45, 2.75) is 32.2 Å². The highest BCUT2D eigenvalue weighted by Gasteiger charge is 2.24. The van der Waals surface area contributed by atoms with Gasteiger partial charge in [-0.1, -0.05) is 11.6 Å². The molecule has 0 radical (unpaired) electrons. The Hall–Kier alpha value is -2.80. The summed E-state index contributed by atoms with van der Waals surface area (Å²) in [6.07, 6.45) is 4.99. The summed E-state index contributed by atoms with van der Waals surface area (Å²) in [5.74, 6) is 0.816. The second-order valence-corrected chi connectivity index (χ2v) is 6.20. The predicted molar refractivity (Wildman–Crippen MR) is 91.3 cm³/mol. The number of nitrogens with zero attached hydrogens (tertiary/aromatic N) is 2. The maximum Gasteiger partial charge on any atom is 0.126 e. The third kappa shape index (κ3) is 2.44. The Kier molecular flexibility index (Phi) is 3.27. The van der Waals surface area contributed by atoms with Gasteiger partial charge in [-0.05, 0) is 56.0 Å². The molecule has 0 saturated heterocycles. The van der Waals surface area contributed by atoms with E-state index in [-0.39, 0.29) is 6.04 Å². The van der Waals surface area contributed by atoms with Crippen molar-refractivity contribution < 1.29 is 0 Å². The van der Waals surface area contributed by atoms with Crippen molar-refractivity contribution in [1.82, 2.24) is 9.97 Å². The highest BCUT2D eigenvalue weighted by Crippen LogP contribution is 2.36. The first-order valence-corrected chi connectivity index (χ1v) is 7.98. The first-order chi connectivity index (χ1) is 11.2. The maximum atomic E-state index is 8.87. The molecule has 4 heteroatoms. The van der Waals surface area contributed by atoms with Gasteiger partial charge in [-0.2, -0.15) is 5.26 Å². The van der Waals surface area contributed by atoms with Gasteiger partial charge in [0, 0.05) is 22.8 Å². The molecule has 1 aliphatic carbocycles. The van der Waals surface area contributed by atoms with Crippen molar-refractivity contribution in [3.8, 4) is 6.07 Å². The van der Waals surface area contributed by atoms with Crippen LogP contribution in [-0.2, 0) is 6.42 Å². The van der Waals surface area contributed by atoms with Crippen molar-refractivity contribution in [2.24, 2.45) is 0 Å². The number of aromatic amines is 1. The summed E-state index contributed by atoms with van der Waals surface area (Å²) in [6, 6.07) is 12.6. The quantitative estimate of drug-likeness (QED) is 0.744. The smallest absolute Gasteiger partial charge is 0.126 e. The molecule has 3 aromatic rings. The van der Waals surface area contributed by atoms with Gasteiger partial charge in [0.05, 0.1) is 11.6 Å². The molecule has 4 nitrogen and oxygen atoms in total. The van der Waals surface area contributed by atoms with Crippen LogP contribution >= 0.6 is 0 Å². The first kappa shape index (κ1) is 13.8. The molecular weight excluding hydrogens is 284 g/mol. The van der Waals surface area contributed by atoms with Gasteiger partial charge in [-0.3, -0.25) is 0 Å². The first-order valence-electron chi connectivity index (χ1n) is 7.98. The number of anilines is 1. The SMILES string of the molecule is Cc1ccc2[nH]c3c(c2c1)CCCC3Nc1ccc(C#N)cn1. The predicted octanol–water partition coefficient (Wildman–Crippen LogP) is 4.23. The van der Waals surface area contributed by atoms with Crippen LogP contribution < -0.4 is 5.32 Å². The van der Waals surface area contributed by atoms with Crippen LogP contribution in [-0.4, -0.2) is 9.97 Å². The van der Waals surface area contributed by atoms with Crippen molar-refractivity contribution in [3.63, 3.8) is 0 Å². The van der Waals surface area contributed by atoms with E-state index in [1.165, 1.54) is 34.1 Å². The molecule has 0 saturated carbocycles. The van der Waals surface area contributed by atoms with E-state index in [4.69, 9.17) is 5.26 Å². The van der Waals surface area contributed by atoms with Crippen LogP contribution in [0.25, 0.3) is 10.9 Å². The Morgan fingerprint density at radius 2 is 2.22 bits per heavy atom. The number of benzene rings is 1. The fraction of sp³-hybridized carbons (Fsp3) is 0.263. The van der Waals surface area contributed by atoms with Gasteiger partial charge in [-0.15, -0.1) is 0 Å². The molecule has 1 aromatic carbocycles. The molecule has 2 aromatic heterocycles. The number of aromatic nitrogens is 2. The Balaban J connectivity index is 1.69. The topological polar surface area (TPSA) is 64.5 Å². The number of aryl methyl sites for hydroxylation is 2. The van der Waals surface area contributed by atoms with E-state index in [2.05, 4.69) is 46.5 Å². The summed E-state index contributed by atoms with van der Waals surface area (Å²) in [4.78, 5) is 7.93. The lowest BCUT2D eigenvalue weighted by Gasteiger charge is -2.24. The molecule has 1 aliphatic rings. The number of hydrogen-bond donors (Lipinski definition) is 2. The van der Waals surface area contributed by atoms with Gasteiger partial charge in [0.25, 0.3) is 0 Å². The van der Waals surface area contributed by atoms with Crippen LogP contribution in [0.5, 0.6) is 0 Å². The molecule has 1 unspecified atom stereocenters. The second-order valence-electron chi connectivity index (χ2n) is 6.20. The average Bonchev–Trinajstić information content (AvgIpc) is 2.95. The zero-order valence-electron chi connectivity index (χ0n) is 13.1. The second kappa shape index (κ2) is 5.44. The number of fused-ring (bicyclic) bond motifs is 3. The van der Waals surface area contributed by atoms with Gasteiger partial charge in [0.2, 0.25) is 0 Å². The number of pyridine rings is 1. The van der Waals surface area contributed by atoms with Crippen molar-refractivity contribution in [1.29, 1.82) is 5.26 Å². The molecule has 0 fully saturated rings. The number of nitriles is 1. The third-order valence-electron chi connectivity index (χ3n) is 4.58. The number of rotatable bonds is 2. The molecule has 0 spiro atoms. The van der Waals surface area contributed by atoms with Crippen molar-refractivity contribution in [3.05, 3.63) is 58.9 Å². The molecule has 2 heterocycles. The van der Waals surface area contributed by atoms with Crippen LogP contribution in [0, 0.1) is 18.3 Å². The number of H-pyrrole nitrogens is 1. The molecule has 4 rings (SSSR count). The molecule has 114 valence electrons. The van der Waals surface area contributed by atoms with Gasteiger partial charge < -0.3 is 10.3 Å². The summed E-state index contributed by atoms with van der Waals surface area (Å²) in [5.41, 5.74) is 5.80. The van der Waals surface area contributed by atoms with E-state index in [9.17, 15) is 0 Å². The number of nitrogens with one attached hydrogen (secondary N) is 2. The summed E-state index contributed by atoms with van der Waals surface area (Å²) in [6.45, 7) is 2.14. The third-order valence-corrected chi connectivity index (χ3v) is 4.58.